The molecule has 35 heavy (non-hydrogen) atoms. The molecular weight excluding hydrogens is 436 g/mol. The molecule has 6 nitrogen and oxygen atoms in total. The Morgan fingerprint density at radius 1 is 0.800 bits per heavy atom. The normalized spacial score (nSPS) is 21.3. The number of nitriles is 1. The van der Waals surface area contributed by atoms with Crippen molar-refractivity contribution in [2.75, 3.05) is 9.80 Å². The predicted molar refractivity (Wildman–Crippen MR) is 133 cm³/mol. The summed E-state index contributed by atoms with van der Waals surface area (Å²) < 4.78 is 0. The van der Waals surface area contributed by atoms with Crippen LogP contribution in [0.15, 0.2) is 108 Å². The number of hydrogen-bond donors (Lipinski definition) is 1. The minimum absolute atomic E-state index is 0.0891. The minimum Gasteiger partial charge on any atom is -0.384 e. The van der Waals surface area contributed by atoms with Crippen molar-refractivity contribution in [2.24, 2.45) is 5.73 Å². The monoisotopic (exact) mass is 458 g/mol. The first kappa shape index (κ1) is 20.9. The van der Waals surface area contributed by atoms with Crippen LogP contribution >= 0.6 is 0 Å². The van der Waals surface area contributed by atoms with E-state index in [-0.39, 0.29) is 23.1 Å². The van der Waals surface area contributed by atoms with Gasteiger partial charge in [0, 0.05) is 34.6 Å². The third-order valence-corrected chi connectivity index (χ3v) is 7.12. The van der Waals surface area contributed by atoms with Gasteiger partial charge in [0.05, 0.1) is 11.3 Å². The summed E-state index contributed by atoms with van der Waals surface area (Å²) in [5.41, 5.74) is 9.02. The fraction of sp³-hybridized carbons (Fsp3) is 0.138. The molecule has 1 unspecified atom stereocenters. The van der Waals surface area contributed by atoms with Crippen molar-refractivity contribution >= 4 is 28.8 Å². The van der Waals surface area contributed by atoms with Crippen LogP contribution in [0.5, 0.6) is 0 Å². The van der Waals surface area contributed by atoms with Crippen molar-refractivity contribution in [3.63, 3.8) is 0 Å². The van der Waals surface area contributed by atoms with Gasteiger partial charge in [0.2, 0.25) is 0 Å². The van der Waals surface area contributed by atoms with Crippen LogP contribution in [0.3, 0.4) is 0 Å². The lowest BCUT2D eigenvalue weighted by molar-refractivity contribution is -0.123. The molecule has 1 spiro atoms. The Morgan fingerprint density at radius 3 is 2.06 bits per heavy atom. The summed E-state index contributed by atoms with van der Waals surface area (Å²) in [6, 6.07) is 28.4. The van der Waals surface area contributed by atoms with E-state index in [1.54, 1.807) is 9.80 Å². The number of amides is 1. The van der Waals surface area contributed by atoms with Crippen LogP contribution in [0, 0.1) is 11.3 Å². The summed E-state index contributed by atoms with van der Waals surface area (Å²) in [7, 11) is 0. The van der Waals surface area contributed by atoms with Crippen LogP contribution in [0.1, 0.15) is 24.8 Å². The highest BCUT2D eigenvalue weighted by Crippen LogP contribution is 2.58. The van der Waals surface area contributed by atoms with Crippen molar-refractivity contribution in [2.45, 2.75) is 24.7 Å². The van der Waals surface area contributed by atoms with Gasteiger partial charge in [-0.05, 0) is 43.2 Å². The maximum atomic E-state index is 14.6. The average molecular weight is 459 g/mol. The molecule has 2 aliphatic heterocycles. The second-order valence-corrected chi connectivity index (χ2v) is 8.88. The highest BCUT2D eigenvalue weighted by atomic mass is 16.2. The third-order valence-electron chi connectivity index (χ3n) is 7.12. The molecule has 1 amide bonds. The van der Waals surface area contributed by atoms with Gasteiger partial charge >= 0.3 is 0 Å². The highest BCUT2D eigenvalue weighted by molar-refractivity contribution is 6.23. The van der Waals surface area contributed by atoms with Crippen LogP contribution in [0.2, 0.25) is 0 Å². The first-order valence-electron chi connectivity index (χ1n) is 11.6. The standard InChI is InChI=1S/C29H22N4O2/c30-18-22-27(31)32(19-10-3-1-4-11-19)24-16-9-17-25(34)26(24)29(22)21-14-7-8-15-23(21)33(28(29)35)20-12-5-2-6-13-20/h1-8,10-15H,9,16-17,31H2. The molecule has 1 atom stereocenters. The van der Waals surface area contributed by atoms with Crippen molar-refractivity contribution in [3.05, 3.63) is 113 Å². The molecule has 0 saturated heterocycles. The summed E-state index contributed by atoms with van der Waals surface area (Å²) in [4.78, 5) is 31.7. The van der Waals surface area contributed by atoms with Gasteiger partial charge in [0.1, 0.15) is 17.3 Å². The van der Waals surface area contributed by atoms with E-state index in [4.69, 9.17) is 5.73 Å². The summed E-state index contributed by atoms with van der Waals surface area (Å²) >= 11 is 0. The van der Waals surface area contributed by atoms with Gasteiger partial charge in [-0.25, -0.2) is 0 Å². The van der Waals surface area contributed by atoms with E-state index in [0.29, 0.717) is 47.5 Å². The largest absolute Gasteiger partial charge is 0.384 e. The van der Waals surface area contributed by atoms with E-state index in [1.807, 2.05) is 84.9 Å². The number of anilines is 3. The van der Waals surface area contributed by atoms with E-state index in [2.05, 4.69) is 6.07 Å². The molecule has 0 bridgehead atoms. The van der Waals surface area contributed by atoms with Crippen LogP contribution in [-0.2, 0) is 15.0 Å². The first-order chi connectivity index (χ1) is 17.1. The van der Waals surface area contributed by atoms with E-state index < -0.39 is 5.41 Å². The molecule has 3 aliphatic rings. The Kier molecular flexibility index (Phi) is 4.61. The maximum Gasteiger partial charge on any atom is 0.252 e. The summed E-state index contributed by atoms with van der Waals surface area (Å²) in [6.45, 7) is 0. The van der Waals surface area contributed by atoms with E-state index in [9.17, 15) is 14.9 Å². The van der Waals surface area contributed by atoms with Gasteiger partial charge in [-0.3, -0.25) is 19.4 Å². The fourth-order valence-corrected chi connectivity index (χ4v) is 5.76. The number of carbonyl (C=O) groups excluding carboxylic acids is 2. The maximum absolute atomic E-state index is 14.6. The average Bonchev–Trinajstić information content (AvgIpc) is 3.14. The van der Waals surface area contributed by atoms with Crippen molar-refractivity contribution in [1.82, 2.24) is 0 Å². The third kappa shape index (κ3) is 2.69. The van der Waals surface area contributed by atoms with Gasteiger partial charge in [-0.15, -0.1) is 0 Å². The second kappa shape index (κ2) is 7.71. The number of hydrogen-bond acceptors (Lipinski definition) is 5. The molecule has 1 aliphatic carbocycles. The van der Waals surface area contributed by atoms with Gasteiger partial charge in [0.15, 0.2) is 5.78 Å². The lowest BCUT2D eigenvalue weighted by atomic mass is 9.63. The van der Waals surface area contributed by atoms with Crippen LogP contribution < -0.4 is 15.5 Å². The number of fused-ring (bicyclic) bond motifs is 3. The van der Waals surface area contributed by atoms with Crippen molar-refractivity contribution < 1.29 is 9.59 Å². The number of para-hydroxylation sites is 3. The van der Waals surface area contributed by atoms with Crippen LogP contribution in [0.25, 0.3) is 0 Å². The molecule has 170 valence electrons. The zero-order valence-electron chi connectivity index (χ0n) is 18.9. The number of carbonyl (C=O) groups is 2. The zero-order chi connectivity index (χ0) is 24.2. The van der Waals surface area contributed by atoms with Gasteiger partial charge in [-0.2, -0.15) is 5.26 Å². The molecule has 6 heteroatoms. The van der Waals surface area contributed by atoms with Crippen molar-refractivity contribution in [3.8, 4) is 6.07 Å². The number of nitrogens with zero attached hydrogens (tertiary/aromatic N) is 3. The molecule has 0 aromatic heterocycles. The number of rotatable bonds is 2. The first-order valence-corrected chi connectivity index (χ1v) is 11.6. The lowest BCUT2D eigenvalue weighted by Crippen LogP contribution is -2.52. The van der Waals surface area contributed by atoms with E-state index >= 15 is 0 Å². The Balaban J connectivity index is 1.71. The van der Waals surface area contributed by atoms with Crippen LogP contribution in [0.4, 0.5) is 17.1 Å². The molecular formula is C29H22N4O2. The minimum atomic E-state index is -1.58. The number of benzene rings is 3. The smallest absolute Gasteiger partial charge is 0.252 e. The predicted octanol–water partition coefficient (Wildman–Crippen LogP) is 4.82. The van der Waals surface area contributed by atoms with Gasteiger partial charge < -0.3 is 5.73 Å². The summed E-state index contributed by atoms with van der Waals surface area (Å²) in [5, 5.41) is 10.5. The highest BCUT2D eigenvalue weighted by Gasteiger charge is 2.62. The number of ketones is 1. The van der Waals surface area contributed by atoms with Crippen LogP contribution in [-0.4, -0.2) is 11.7 Å². The molecule has 0 saturated carbocycles. The lowest BCUT2D eigenvalue weighted by Gasteiger charge is -2.43. The molecule has 6 rings (SSSR count). The molecule has 3 aromatic rings. The number of allylic oxidation sites excluding steroid dienone is 1. The number of Topliss-reactive ketones (excluding diaryl/α,β-unsaturated/α-hetero) is 1. The van der Waals surface area contributed by atoms with E-state index in [1.165, 1.54) is 0 Å². The zero-order valence-corrected chi connectivity index (χ0v) is 18.9. The second-order valence-electron chi connectivity index (χ2n) is 8.88. The Morgan fingerprint density at radius 2 is 1.40 bits per heavy atom. The summed E-state index contributed by atoms with van der Waals surface area (Å²) in [5.74, 6) is -0.282. The molecule has 0 radical (unpaired) electrons. The van der Waals surface area contributed by atoms with Gasteiger partial charge in [-0.1, -0.05) is 54.6 Å². The molecule has 3 aromatic carbocycles. The fourth-order valence-electron chi connectivity index (χ4n) is 5.76. The Hall–Kier alpha value is -4.63. The van der Waals surface area contributed by atoms with Gasteiger partial charge in [0.25, 0.3) is 5.91 Å². The quantitative estimate of drug-likeness (QED) is 0.594. The van der Waals surface area contributed by atoms with E-state index in [0.717, 1.165) is 5.69 Å². The Labute approximate surface area is 203 Å². The molecule has 2 N–H and O–H groups in total. The Bertz CT molecular complexity index is 1480. The number of nitrogens with two attached hydrogens (primary N) is 1. The molecule has 0 fully saturated rings. The van der Waals surface area contributed by atoms with Crippen molar-refractivity contribution in [1.29, 1.82) is 5.26 Å². The molecule has 2 heterocycles. The SMILES string of the molecule is N#CC1=C(N)N(c2ccccc2)C2=C(C(=O)CCC2)C12C(=O)N(c1ccccc1)c1ccccc12. The summed E-state index contributed by atoms with van der Waals surface area (Å²) in [6.07, 6.45) is 1.56. The topological polar surface area (TPSA) is 90.4 Å².